The molecule has 0 bridgehead atoms. The minimum atomic E-state index is -3.65. The average molecular weight is 415 g/mol. The Morgan fingerprint density at radius 3 is 2.48 bits per heavy atom. The van der Waals surface area contributed by atoms with Crippen LogP contribution in [0.25, 0.3) is 0 Å². The summed E-state index contributed by atoms with van der Waals surface area (Å²) in [6.07, 6.45) is 4.30. The lowest BCUT2D eigenvalue weighted by molar-refractivity contribution is -0.140. The number of amides is 1. The molecule has 8 heteroatoms. The number of sulfonamides is 1. The highest BCUT2D eigenvalue weighted by atomic mass is 35.5. The number of carbonyl (C=O) groups excluding carboxylic acids is 1. The number of benzene rings is 1. The summed E-state index contributed by atoms with van der Waals surface area (Å²) in [6.45, 7) is 0.585. The molecule has 1 saturated carbocycles. The lowest BCUT2D eigenvalue weighted by Gasteiger charge is -2.39. The van der Waals surface area contributed by atoms with Crippen LogP contribution in [0.2, 0.25) is 5.02 Å². The maximum Gasteiger partial charge on any atom is 0.243 e. The molecular formula is C19H27ClN2O4S. The van der Waals surface area contributed by atoms with Gasteiger partial charge in [-0.3, -0.25) is 4.79 Å². The van der Waals surface area contributed by atoms with Crippen molar-refractivity contribution in [1.29, 1.82) is 0 Å². The standard InChI is InChI=1S/C19H27ClN2O4S/c1-21(17-6-2-3-7-18(17)23)19(24)14-5-4-12-22(13-14)27(25,26)16-10-8-15(20)9-11-16/h8-11,14,17-18,23H,2-7,12-13H2,1H3/t14-,17-,18-/m1/s1. The summed E-state index contributed by atoms with van der Waals surface area (Å²) in [6, 6.07) is 5.93. The first-order valence-electron chi connectivity index (χ1n) is 9.51. The number of nitrogens with zero attached hydrogens (tertiary/aromatic N) is 2. The molecule has 1 aliphatic heterocycles. The summed E-state index contributed by atoms with van der Waals surface area (Å²) < 4.78 is 27.2. The van der Waals surface area contributed by atoms with E-state index in [1.807, 2.05) is 0 Å². The van der Waals surface area contributed by atoms with Gasteiger partial charge in [0.15, 0.2) is 0 Å². The van der Waals surface area contributed by atoms with Crippen LogP contribution < -0.4 is 0 Å². The van der Waals surface area contributed by atoms with E-state index >= 15 is 0 Å². The van der Waals surface area contributed by atoms with Crippen LogP contribution in [-0.2, 0) is 14.8 Å². The summed E-state index contributed by atoms with van der Waals surface area (Å²) in [5.41, 5.74) is 0. The Morgan fingerprint density at radius 1 is 1.15 bits per heavy atom. The topological polar surface area (TPSA) is 77.9 Å². The molecule has 0 aromatic heterocycles. The first kappa shape index (κ1) is 20.6. The van der Waals surface area contributed by atoms with E-state index in [9.17, 15) is 18.3 Å². The molecular weight excluding hydrogens is 388 g/mol. The molecule has 3 atom stereocenters. The van der Waals surface area contributed by atoms with Crippen molar-refractivity contribution in [2.24, 2.45) is 5.92 Å². The molecule has 1 saturated heterocycles. The molecule has 150 valence electrons. The van der Waals surface area contributed by atoms with Crippen LogP contribution in [0.15, 0.2) is 29.2 Å². The van der Waals surface area contributed by atoms with Gasteiger partial charge in [-0.1, -0.05) is 24.4 Å². The Kier molecular flexibility index (Phi) is 6.46. The number of aliphatic hydroxyl groups is 1. The number of halogens is 1. The van der Waals surface area contributed by atoms with Crippen LogP contribution >= 0.6 is 11.6 Å². The summed E-state index contributed by atoms with van der Waals surface area (Å²) in [5, 5.41) is 10.7. The van der Waals surface area contributed by atoms with Gasteiger partial charge in [-0.15, -0.1) is 0 Å². The van der Waals surface area contributed by atoms with Gasteiger partial charge < -0.3 is 10.0 Å². The molecule has 0 radical (unpaired) electrons. The molecule has 0 unspecified atom stereocenters. The third-order valence-electron chi connectivity index (χ3n) is 5.72. The molecule has 2 aliphatic rings. The van der Waals surface area contributed by atoms with Crippen LogP contribution in [0.4, 0.5) is 0 Å². The van der Waals surface area contributed by atoms with Gasteiger partial charge in [0.2, 0.25) is 15.9 Å². The molecule has 1 aliphatic carbocycles. The SMILES string of the molecule is CN(C(=O)[C@@H]1CCCN(S(=O)(=O)c2ccc(Cl)cc2)C1)[C@@H]1CCCC[C@H]1O. The molecule has 1 N–H and O–H groups in total. The fraction of sp³-hybridized carbons (Fsp3) is 0.632. The maximum atomic E-state index is 13.0. The van der Waals surface area contributed by atoms with Crippen molar-refractivity contribution in [2.45, 2.75) is 55.6 Å². The van der Waals surface area contributed by atoms with E-state index in [2.05, 4.69) is 0 Å². The number of likely N-dealkylation sites (N-methyl/N-ethyl adjacent to an activating group) is 1. The largest absolute Gasteiger partial charge is 0.391 e. The van der Waals surface area contributed by atoms with E-state index in [-0.39, 0.29) is 29.3 Å². The van der Waals surface area contributed by atoms with Gasteiger partial charge in [-0.2, -0.15) is 4.31 Å². The lowest BCUT2D eigenvalue weighted by Crippen LogP contribution is -2.51. The van der Waals surface area contributed by atoms with Gasteiger partial charge in [0.25, 0.3) is 0 Å². The average Bonchev–Trinajstić information content (AvgIpc) is 2.67. The monoisotopic (exact) mass is 414 g/mol. The summed E-state index contributed by atoms with van der Waals surface area (Å²) >= 11 is 5.85. The number of carbonyl (C=O) groups is 1. The number of hydrogen-bond donors (Lipinski definition) is 1. The van der Waals surface area contributed by atoms with Crippen LogP contribution in [-0.4, -0.2) is 60.9 Å². The summed E-state index contributed by atoms with van der Waals surface area (Å²) in [7, 11) is -1.92. The third kappa shape index (κ3) is 4.47. The number of aliphatic hydroxyl groups excluding tert-OH is 1. The van der Waals surface area contributed by atoms with Crippen molar-refractivity contribution in [1.82, 2.24) is 9.21 Å². The Labute approximate surface area is 166 Å². The Balaban J connectivity index is 1.71. The number of hydrogen-bond acceptors (Lipinski definition) is 4. The van der Waals surface area contributed by atoms with Gasteiger partial charge >= 0.3 is 0 Å². The van der Waals surface area contributed by atoms with Gasteiger partial charge in [0, 0.05) is 25.2 Å². The van der Waals surface area contributed by atoms with E-state index in [4.69, 9.17) is 11.6 Å². The van der Waals surface area contributed by atoms with Gasteiger partial charge in [0.05, 0.1) is 23.0 Å². The highest BCUT2D eigenvalue weighted by Gasteiger charge is 2.37. The molecule has 1 heterocycles. The summed E-state index contributed by atoms with van der Waals surface area (Å²) in [5.74, 6) is -0.447. The first-order chi connectivity index (χ1) is 12.8. The van der Waals surface area contributed by atoms with Gasteiger partial charge in [-0.05, 0) is 49.9 Å². The molecule has 3 rings (SSSR count). The smallest absolute Gasteiger partial charge is 0.243 e. The van der Waals surface area contributed by atoms with E-state index in [0.717, 1.165) is 19.3 Å². The second kappa shape index (κ2) is 8.47. The highest BCUT2D eigenvalue weighted by Crippen LogP contribution is 2.28. The van der Waals surface area contributed by atoms with E-state index < -0.39 is 16.1 Å². The van der Waals surface area contributed by atoms with Gasteiger partial charge in [-0.25, -0.2) is 8.42 Å². The maximum absolute atomic E-state index is 13.0. The van der Waals surface area contributed by atoms with E-state index in [1.54, 1.807) is 24.1 Å². The predicted octanol–water partition coefficient (Wildman–Crippen LogP) is 2.50. The van der Waals surface area contributed by atoms with Crippen LogP contribution in [0.3, 0.4) is 0 Å². The fourth-order valence-corrected chi connectivity index (χ4v) is 5.76. The summed E-state index contributed by atoms with van der Waals surface area (Å²) in [4.78, 5) is 14.8. The number of piperidine rings is 1. The number of rotatable bonds is 4. The first-order valence-corrected chi connectivity index (χ1v) is 11.3. The van der Waals surface area contributed by atoms with E-state index in [1.165, 1.54) is 16.4 Å². The highest BCUT2D eigenvalue weighted by molar-refractivity contribution is 7.89. The zero-order chi connectivity index (χ0) is 19.6. The zero-order valence-electron chi connectivity index (χ0n) is 15.6. The molecule has 1 aromatic rings. The predicted molar refractivity (Wildman–Crippen MR) is 104 cm³/mol. The van der Waals surface area contributed by atoms with Crippen molar-refractivity contribution < 1.29 is 18.3 Å². The minimum absolute atomic E-state index is 0.0723. The lowest BCUT2D eigenvalue weighted by atomic mass is 9.90. The van der Waals surface area contributed by atoms with Crippen molar-refractivity contribution in [3.8, 4) is 0 Å². The van der Waals surface area contributed by atoms with Crippen LogP contribution in [0.5, 0.6) is 0 Å². The Morgan fingerprint density at radius 2 is 1.81 bits per heavy atom. The molecule has 1 amide bonds. The van der Waals surface area contributed by atoms with E-state index in [0.29, 0.717) is 30.8 Å². The Hall–Kier alpha value is -1.15. The van der Waals surface area contributed by atoms with Gasteiger partial charge in [0.1, 0.15) is 0 Å². The molecule has 6 nitrogen and oxygen atoms in total. The second-order valence-corrected chi connectivity index (χ2v) is 9.90. The van der Waals surface area contributed by atoms with Crippen LogP contribution in [0.1, 0.15) is 38.5 Å². The van der Waals surface area contributed by atoms with Crippen molar-refractivity contribution in [3.63, 3.8) is 0 Å². The van der Waals surface area contributed by atoms with Crippen molar-refractivity contribution >= 4 is 27.5 Å². The quantitative estimate of drug-likeness (QED) is 0.821. The molecule has 2 fully saturated rings. The Bertz CT molecular complexity index is 768. The van der Waals surface area contributed by atoms with Crippen LogP contribution in [0, 0.1) is 5.92 Å². The third-order valence-corrected chi connectivity index (χ3v) is 7.86. The molecule has 0 spiro atoms. The molecule has 1 aromatic carbocycles. The van der Waals surface area contributed by atoms with Crippen molar-refractivity contribution in [2.75, 3.05) is 20.1 Å². The van der Waals surface area contributed by atoms with Crippen molar-refractivity contribution in [3.05, 3.63) is 29.3 Å². The zero-order valence-corrected chi connectivity index (χ0v) is 17.1. The fourth-order valence-electron chi connectivity index (χ4n) is 4.11. The second-order valence-electron chi connectivity index (χ2n) is 7.52. The minimum Gasteiger partial charge on any atom is -0.391 e. The normalized spacial score (nSPS) is 27.3. The molecule has 27 heavy (non-hydrogen) atoms.